The first-order chi connectivity index (χ1) is 22.4. The summed E-state index contributed by atoms with van der Waals surface area (Å²) in [6, 6.07) is 17.8. The molecule has 1 saturated carbocycles. The Morgan fingerprint density at radius 3 is 2.17 bits per heavy atom. The van der Waals surface area contributed by atoms with E-state index in [2.05, 4.69) is 5.32 Å². The van der Waals surface area contributed by atoms with Crippen LogP contribution < -0.4 is 15.8 Å². The number of nitrogens with two attached hydrogens (primary N) is 1. The second-order valence-electron chi connectivity index (χ2n) is 12.6. The van der Waals surface area contributed by atoms with Crippen LogP contribution in [0.5, 0.6) is 11.5 Å². The molecule has 0 spiro atoms. The van der Waals surface area contributed by atoms with Crippen molar-refractivity contribution in [2.24, 2.45) is 17.6 Å². The van der Waals surface area contributed by atoms with Crippen molar-refractivity contribution in [3.8, 4) is 22.6 Å². The number of Topliss-reactive ketones (excluding diaryl/α,β-unsaturated/α-hetero) is 2. The van der Waals surface area contributed by atoms with Crippen LogP contribution in [0, 0.1) is 11.8 Å². The zero-order valence-corrected chi connectivity index (χ0v) is 26.3. The van der Waals surface area contributed by atoms with Crippen molar-refractivity contribution in [2.75, 3.05) is 21.2 Å². The quantitative estimate of drug-likeness (QED) is 0.201. The van der Waals surface area contributed by atoms with E-state index in [-0.39, 0.29) is 29.7 Å². The minimum absolute atomic E-state index is 0.0274. The van der Waals surface area contributed by atoms with Gasteiger partial charge >= 0.3 is 0 Å². The average Bonchev–Trinajstić information content (AvgIpc) is 3.03. The van der Waals surface area contributed by atoms with Crippen LogP contribution in [0.25, 0.3) is 16.9 Å². The number of phenols is 1. The highest BCUT2D eigenvalue weighted by Gasteiger charge is 2.64. The van der Waals surface area contributed by atoms with E-state index < -0.39 is 58.0 Å². The van der Waals surface area contributed by atoms with E-state index in [0.29, 0.717) is 18.7 Å². The molecule has 7 N–H and O–H groups in total. The SMILES string of the molecule is COc1ccc(CNCc2ccc(-c3ccc(O)c4c3CC3CC5C(N(C)C)C(=O)C(C(N)=O)=C(O)C5(O)C(=O)C3=C4O)cc2)cc1. The fraction of sp³-hybridized carbons (Fsp3) is 0.306. The van der Waals surface area contributed by atoms with Gasteiger partial charge in [-0.25, -0.2) is 0 Å². The maximum Gasteiger partial charge on any atom is 0.255 e. The predicted octanol–water partition coefficient (Wildman–Crippen LogP) is 2.93. The molecule has 3 aromatic carbocycles. The Morgan fingerprint density at radius 2 is 1.60 bits per heavy atom. The lowest BCUT2D eigenvalue weighted by atomic mass is 9.57. The number of hydrogen-bond acceptors (Lipinski definition) is 10. The first-order valence-electron chi connectivity index (χ1n) is 15.3. The Kier molecular flexibility index (Phi) is 8.17. The number of primary amides is 1. The molecule has 0 aromatic heterocycles. The molecule has 3 aliphatic carbocycles. The second-order valence-corrected chi connectivity index (χ2v) is 12.6. The minimum atomic E-state index is -2.67. The molecule has 11 heteroatoms. The molecular formula is C36H37N3O8. The third kappa shape index (κ3) is 5.16. The highest BCUT2D eigenvalue weighted by Crippen LogP contribution is 2.53. The number of amides is 1. The number of methoxy groups -OCH3 is 1. The molecule has 47 heavy (non-hydrogen) atoms. The van der Waals surface area contributed by atoms with Gasteiger partial charge in [0.15, 0.2) is 11.4 Å². The summed E-state index contributed by atoms with van der Waals surface area (Å²) in [5.74, 6) is -5.95. The third-order valence-corrected chi connectivity index (χ3v) is 9.69. The summed E-state index contributed by atoms with van der Waals surface area (Å²) in [6.45, 7) is 1.31. The van der Waals surface area contributed by atoms with E-state index in [4.69, 9.17) is 10.5 Å². The van der Waals surface area contributed by atoms with Gasteiger partial charge in [-0.1, -0.05) is 42.5 Å². The van der Waals surface area contributed by atoms with Crippen molar-refractivity contribution in [3.05, 3.63) is 99.8 Å². The zero-order valence-electron chi connectivity index (χ0n) is 26.3. The summed E-state index contributed by atoms with van der Waals surface area (Å²) in [5.41, 5.74) is 6.14. The van der Waals surface area contributed by atoms with Crippen molar-refractivity contribution < 1.29 is 39.5 Å². The molecule has 244 valence electrons. The van der Waals surface area contributed by atoms with Crippen LogP contribution in [0.4, 0.5) is 0 Å². The fourth-order valence-corrected chi connectivity index (χ4v) is 7.41. The number of benzene rings is 3. The summed E-state index contributed by atoms with van der Waals surface area (Å²) in [5, 5.41) is 48.7. The molecule has 6 rings (SSSR count). The minimum Gasteiger partial charge on any atom is -0.508 e. The number of aromatic hydroxyl groups is 1. The monoisotopic (exact) mass is 639 g/mol. The summed E-state index contributed by atoms with van der Waals surface area (Å²) < 4.78 is 5.21. The Labute approximate surface area is 271 Å². The van der Waals surface area contributed by atoms with Gasteiger partial charge in [-0.3, -0.25) is 19.3 Å². The van der Waals surface area contributed by atoms with Gasteiger partial charge in [0, 0.05) is 24.6 Å². The smallest absolute Gasteiger partial charge is 0.255 e. The van der Waals surface area contributed by atoms with Crippen LogP contribution >= 0.6 is 0 Å². The summed E-state index contributed by atoms with van der Waals surface area (Å²) >= 11 is 0. The highest BCUT2D eigenvalue weighted by molar-refractivity contribution is 6.24. The molecule has 0 heterocycles. The molecule has 1 fully saturated rings. The lowest BCUT2D eigenvalue weighted by Gasteiger charge is -2.50. The first kappa shape index (κ1) is 32.0. The van der Waals surface area contributed by atoms with Gasteiger partial charge in [-0.2, -0.15) is 0 Å². The molecule has 0 radical (unpaired) electrons. The van der Waals surface area contributed by atoms with E-state index >= 15 is 0 Å². The Hall–Kier alpha value is -4.97. The van der Waals surface area contributed by atoms with Gasteiger partial charge in [0.05, 0.1) is 18.7 Å². The lowest BCUT2D eigenvalue weighted by molar-refractivity contribution is -0.153. The summed E-state index contributed by atoms with van der Waals surface area (Å²) in [6.07, 6.45) is 0.239. The number of fused-ring (bicyclic) bond motifs is 3. The molecule has 0 aliphatic heterocycles. The number of hydrogen-bond donors (Lipinski definition) is 6. The van der Waals surface area contributed by atoms with Crippen molar-refractivity contribution in [2.45, 2.75) is 37.6 Å². The molecule has 1 amide bonds. The van der Waals surface area contributed by atoms with Gasteiger partial charge in [-0.15, -0.1) is 0 Å². The van der Waals surface area contributed by atoms with E-state index in [1.54, 1.807) is 27.3 Å². The number of phenolic OH excluding ortho intramolecular Hbond substituents is 1. The van der Waals surface area contributed by atoms with Crippen molar-refractivity contribution in [1.82, 2.24) is 10.2 Å². The largest absolute Gasteiger partial charge is 0.508 e. The molecule has 0 saturated heterocycles. The van der Waals surface area contributed by atoms with Gasteiger partial charge in [0.2, 0.25) is 5.78 Å². The number of rotatable bonds is 8. The van der Waals surface area contributed by atoms with Crippen LogP contribution in [0.2, 0.25) is 0 Å². The number of nitrogens with zero attached hydrogens (tertiary/aromatic N) is 1. The van der Waals surface area contributed by atoms with Crippen LogP contribution in [0.15, 0.2) is 77.6 Å². The molecule has 0 bridgehead atoms. The molecule has 11 nitrogen and oxygen atoms in total. The molecule has 4 unspecified atom stereocenters. The highest BCUT2D eigenvalue weighted by atomic mass is 16.5. The molecule has 4 atom stereocenters. The number of carbonyl (C=O) groups excluding carboxylic acids is 3. The Bertz CT molecular complexity index is 1840. The van der Waals surface area contributed by atoms with Crippen molar-refractivity contribution >= 4 is 23.2 Å². The van der Waals surface area contributed by atoms with Gasteiger partial charge in [0.1, 0.15) is 28.6 Å². The first-order valence-corrected chi connectivity index (χ1v) is 15.3. The number of carbonyl (C=O) groups is 3. The summed E-state index contributed by atoms with van der Waals surface area (Å²) in [7, 11) is 4.77. The zero-order chi connectivity index (χ0) is 33.8. The predicted molar refractivity (Wildman–Crippen MR) is 173 cm³/mol. The standard InChI is InChI=1S/C36H37N3O8/c1-39(2)30-25-15-21-14-24-23(20-8-4-18(5-9-20)16-38-17-19-6-10-22(47-3)11-7-19)12-13-26(40)28(24)31(41)27(21)33(43)36(25,46)34(44)29(32(30)42)35(37)45/h4-13,21,25,30,38,40-41,44,46H,14-17H2,1-3H3,(H2,37,45). The number of ketones is 2. The number of nitrogens with one attached hydrogen (secondary N) is 1. The van der Waals surface area contributed by atoms with Crippen LogP contribution in [-0.4, -0.2) is 75.6 Å². The van der Waals surface area contributed by atoms with Gasteiger partial charge in [0.25, 0.3) is 5.91 Å². The number of ether oxygens (including phenoxy) is 1. The normalized spacial score (nSPS) is 23.8. The van der Waals surface area contributed by atoms with Crippen LogP contribution in [0.1, 0.15) is 28.7 Å². The molecule has 3 aliphatic rings. The maximum atomic E-state index is 14.1. The Morgan fingerprint density at radius 1 is 0.979 bits per heavy atom. The maximum absolute atomic E-state index is 14.1. The van der Waals surface area contributed by atoms with Crippen molar-refractivity contribution in [3.63, 3.8) is 0 Å². The topological polar surface area (TPSA) is 183 Å². The number of aliphatic hydroxyl groups excluding tert-OH is 2. The van der Waals surface area contributed by atoms with Crippen LogP contribution in [-0.2, 0) is 33.9 Å². The average molecular weight is 640 g/mol. The van der Waals surface area contributed by atoms with E-state index in [9.17, 15) is 34.8 Å². The third-order valence-electron chi connectivity index (χ3n) is 9.69. The number of likely N-dealkylation sites (N-methyl/N-ethyl adjacent to an activating group) is 1. The van der Waals surface area contributed by atoms with Gasteiger partial charge < -0.3 is 36.2 Å². The number of aliphatic hydroxyl groups is 3. The molecule has 3 aromatic rings. The van der Waals surface area contributed by atoms with E-state index in [1.807, 2.05) is 48.5 Å². The van der Waals surface area contributed by atoms with Gasteiger partial charge in [-0.05, 0) is 78.9 Å². The second kappa shape index (κ2) is 12.0. The van der Waals surface area contributed by atoms with Crippen molar-refractivity contribution in [1.29, 1.82) is 0 Å². The lowest BCUT2D eigenvalue weighted by Crippen LogP contribution is -2.65. The van der Waals surface area contributed by atoms with E-state index in [0.717, 1.165) is 28.0 Å². The summed E-state index contributed by atoms with van der Waals surface area (Å²) in [4.78, 5) is 41.1. The van der Waals surface area contributed by atoms with Crippen LogP contribution in [0.3, 0.4) is 0 Å². The fourth-order valence-electron chi connectivity index (χ4n) is 7.41. The van der Waals surface area contributed by atoms with E-state index in [1.165, 1.54) is 11.0 Å². The molecular weight excluding hydrogens is 602 g/mol. The Balaban J connectivity index is 1.32.